The number of ketones is 1. The van der Waals surface area contributed by atoms with Crippen LogP contribution in [0.5, 0.6) is 5.75 Å². The van der Waals surface area contributed by atoms with Crippen LogP contribution in [0.1, 0.15) is 29.6 Å². The van der Waals surface area contributed by atoms with E-state index in [9.17, 15) is 9.90 Å². The molecule has 3 nitrogen and oxygen atoms in total. The van der Waals surface area contributed by atoms with Gasteiger partial charge < -0.3 is 10.4 Å². The summed E-state index contributed by atoms with van der Waals surface area (Å²) in [5.41, 5.74) is 0.592. The van der Waals surface area contributed by atoms with E-state index >= 15 is 0 Å². The zero-order valence-corrected chi connectivity index (χ0v) is 8.57. The number of Topliss-reactive ketones (excluding diaryl/α,β-unsaturated/α-hetero) is 1. The molecular weight excluding hydrogens is 190 g/mol. The number of hydrogen-bond donors (Lipinski definition) is 2. The number of hydrogen-bond acceptors (Lipinski definition) is 3. The summed E-state index contributed by atoms with van der Waals surface area (Å²) in [5, 5.41) is 12.5. The van der Waals surface area contributed by atoms with Crippen molar-refractivity contribution in [2.75, 3.05) is 6.54 Å². The van der Waals surface area contributed by atoms with Crippen LogP contribution < -0.4 is 5.32 Å². The van der Waals surface area contributed by atoms with Crippen LogP contribution in [-0.2, 0) is 0 Å². The van der Waals surface area contributed by atoms with Gasteiger partial charge in [0.2, 0.25) is 0 Å². The van der Waals surface area contributed by atoms with Gasteiger partial charge in [-0.25, -0.2) is 0 Å². The molecule has 1 saturated heterocycles. The first-order valence-corrected chi connectivity index (χ1v) is 5.34. The van der Waals surface area contributed by atoms with Crippen molar-refractivity contribution in [2.24, 2.45) is 0 Å². The van der Waals surface area contributed by atoms with Gasteiger partial charge in [-0.3, -0.25) is 4.79 Å². The summed E-state index contributed by atoms with van der Waals surface area (Å²) in [7, 11) is 0. The standard InChI is InChI=1S/C12H15NO2/c14-10-5-3-4-9(8-10)12(15)11-6-1-2-7-13-11/h3-5,8,11,13-14H,1-2,6-7H2. The summed E-state index contributed by atoms with van der Waals surface area (Å²) in [5.74, 6) is 0.238. The van der Waals surface area contributed by atoms with Crippen molar-refractivity contribution in [3.8, 4) is 5.75 Å². The first kappa shape index (κ1) is 10.2. The van der Waals surface area contributed by atoms with Gasteiger partial charge in [-0.05, 0) is 31.5 Å². The molecule has 1 atom stereocenters. The Balaban J connectivity index is 2.12. The van der Waals surface area contributed by atoms with E-state index in [2.05, 4.69) is 5.32 Å². The molecule has 0 amide bonds. The molecule has 0 aromatic heterocycles. The number of nitrogens with one attached hydrogen (secondary N) is 1. The molecule has 3 heteroatoms. The van der Waals surface area contributed by atoms with Gasteiger partial charge in [-0.2, -0.15) is 0 Å². The molecule has 0 spiro atoms. The van der Waals surface area contributed by atoms with Gasteiger partial charge in [0.25, 0.3) is 0 Å². The lowest BCUT2D eigenvalue weighted by Crippen LogP contribution is -2.40. The zero-order chi connectivity index (χ0) is 10.7. The van der Waals surface area contributed by atoms with Crippen LogP contribution in [0.3, 0.4) is 0 Å². The first-order valence-electron chi connectivity index (χ1n) is 5.34. The maximum atomic E-state index is 12.0. The second-order valence-corrected chi connectivity index (χ2v) is 3.92. The summed E-state index contributed by atoms with van der Waals surface area (Å²) in [4.78, 5) is 12.0. The summed E-state index contributed by atoms with van der Waals surface area (Å²) in [6.07, 6.45) is 3.14. The molecule has 0 bridgehead atoms. The number of aromatic hydroxyl groups is 1. The molecular formula is C12H15NO2. The topological polar surface area (TPSA) is 49.3 Å². The summed E-state index contributed by atoms with van der Waals surface area (Å²) in [6.45, 7) is 0.912. The number of phenols is 1. The molecule has 1 aromatic rings. The smallest absolute Gasteiger partial charge is 0.179 e. The molecule has 1 aromatic carbocycles. The number of piperidine rings is 1. The van der Waals surface area contributed by atoms with E-state index in [1.165, 1.54) is 6.07 Å². The lowest BCUT2D eigenvalue weighted by atomic mass is 9.96. The molecule has 0 saturated carbocycles. The summed E-state index contributed by atoms with van der Waals surface area (Å²) in [6, 6.07) is 6.48. The number of carbonyl (C=O) groups excluding carboxylic acids is 1. The highest BCUT2D eigenvalue weighted by Gasteiger charge is 2.21. The van der Waals surface area contributed by atoms with E-state index in [1.54, 1.807) is 18.2 Å². The van der Waals surface area contributed by atoms with Crippen molar-refractivity contribution in [1.82, 2.24) is 5.32 Å². The highest BCUT2D eigenvalue weighted by molar-refractivity contribution is 6.00. The number of benzene rings is 1. The van der Waals surface area contributed by atoms with Crippen molar-refractivity contribution in [3.63, 3.8) is 0 Å². The fraction of sp³-hybridized carbons (Fsp3) is 0.417. The minimum atomic E-state index is -0.0689. The Hall–Kier alpha value is -1.35. The second-order valence-electron chi connectivity index (χ2n) is 3.92. The molecule has 1 aliphatic heterocycles. The van der Waals surface area contributed by atoms with E-state index in [4.69, 9.17) is 0 Å². The molecule has 2 N–H and O–H groups in total. The molecule has 2 rings (SSSR count). The molecule has 1 unspecified atom stereocenters. The Bertz CT molecular complexity index is 356. The first-order chi connectivity index (χ1) is 7.27. The molecule has 15 heavy (non-hydrogen) atoms. The van der Waals surface area contributed by atoms with Crippen LogP contribution in [0.2, 0.25) is 0 Å². The van der Waals surface area contributed by atoms with Crippen molar-refractivity contribution in [2.45, 2.75) is 25.3 Å². The van der Waals surface area contributed by atoms with Crippen molar-refractivity contribution >= 4 is 5.78 Å². The van der Waals surface area contributed by atoms with Crippen LogP contribution >= 0.6 is 0 Å². The molecule has 1 heterocycles. The van der Waals surface area contributed by atoms with Gasteiger partial charge in [-0.1, -0.05) is 18.6 Å². The van der Waals surface area contributed by atoms with Crippen LogP contribution in [0.4, 0.5) is 0 Å². The van der Waals surface area contributed by atoms with Gasteiger partial charge in [0.05, 0.1) is 6.04 Å². The van der Waals surface area contributed by atoms with Gasteiger partial charge in [-0.15, -0.1) is 0 Å². The Morgan fingerprint density at radius 1 is 1.40 bits per heavy atom. The lowest BCUT2D eigenvalue weighted by Gasteiger charge is -2.22. The normalized spacial score (nSPS) is 21.2. The van der Waals surface area contributed by atoms with E-state index < -0.39 is 0 Å². The Morgan fingerprint density at radius 3 is 2.93 bits per heavy atom. The predicted molar refractivity (Wildman–Crippen MR) is 58.1 cm³/mol. The monoisotopic (exact) mass is 205 g/mol. The summed E-state index contributed by atoms with van der Waals surface area (Å²) < 4.78 is 0. The van der Waals surface area contributed by atoms with Crippen LogP contribution in [0.15, 0.2) is 24.3 Å². The number of rotatable bonds is 2. The largest absolute Gasteiger partial charge is 0.508 e. The van der Waals surface area contributed by atoms with Crippen molar-refractivity contribution in [1.29, 1.82) is 0 Å². The maximum absolute atomic E-state index is 12.0. The highest BCUT2D eigenvalue weighted by Crippen LogP contribution is 2.16. The van der Waals surface area contributed by atoms with Crippen molar-refractivity contribution < 1.29 is 9.90 Å². The second kappa shape index (κ2) is 4.45. The zero-order valence-electron chi connectivity index (χ0n) is 8.57. The molecule has 0 aliphatic carbocycles. The third-order valence-corrected chi connectivity index (χ3v) is 2.76. The van der Waals surface area contributed by atoms with E-state index in [-0.39, 0.29) is 17.6 Å². The van der Waals surface area contributed by atoms with Gasteiger partial charge in [0.15, 0.2) is 5.78 Å². The third kappa shape index (κ3) is 2.36. The Labute approximate surface area is 89.1 Å². The van der Waals surface area contributed by atoms with Gasteiger partial charge >= 0.3 is 0 Å². The Morgan fingerprint density at radius 2 is 2.27 bits per heavy atom. The minimum absolute atomic E-state index is 0.0689. The number of phenolic OH excluding ortho intramolecular Hbond substituents is 1. The average molecular weight is 205 g/mol. The molecule has 0 radical (unpaired) electrons. The highest BCUT2D eigenvalue weighted by atomic mass is 16.3. The van der Waals surface area contributed by atoms with E-state index in [0.717, 1.165) is 25.8 Å². The minimum Gasteiger partial charge on any atom is -0.508 e. The third-order valence-electron chi connectivity index (χ3n) is 2.76. The Kier molecular flexibility index (Phi) is 3.02. The fourth-order valence-electron chi connectivity index (χ4n) is 1.94. The number of carbonyl (C=O) groups is 1. The van der Waals surface area contributed by atoms with Crippen LogP contribution in [0, 0.1) is 0 Å². The lowest BCUT2D eigenvalue weighted by molar-refractivity contribution is 0.0927. The van der Waals surface area contributed by atoms with E-state index in [1.807, 2.05) is 0 Å². The predicted octanol–water partition coefficient (Wildman–Crippen LogP) is 1.72. The van der Waals surface area contributed by atoms with Crippen molar-refractivity contribution in [3.05, 3.63) is 29.8 Å². The fourth-order valence-corrected chi connectivity index (χ4v) is 1.94. The van der Waals surface area contributed by atoms with Crippen LogP contribution in [0.25, 0.3) is 0 Å². The average Bonchev–Trinajstić information content (AvgIpc) is 2.29. The molecule has 1 fully saturated rings. The summed E-state index contributed by atoms with van der Waals surface area (Å²) >= 11 is 0. The van der Waals surface area contributed by atoms with Gasteiger partial charge in [0.1, 0.15) is 5.75 Å². The van der Waals surface area contributed by atoms with Crippen LogP contribution in [-0.4, -0.2) is 23.5 Å². The van der Waals surface area contributed by atoms with Gasteiger partial charge in [0, 0.05) is 5.56 Å². The van der Waals surface area contributed by atoms with E-state index in [0.29, 0.717) is 5.56 Å². The molecule has 80 valence electrons. The quantitative estimate of drug-likeness (QED) is 0.723. The maximum Gasteiger partial charge on any atom is 0.179 e. The molecule has 1 aliphatic rings. The SMILES string of the molecule is O=C(c1cccc(O)c1)C1CCCCN1.